The van der Waals surface area contributed by atoms with E-state index in [1.165, 1.54) is 129 Å². The maximum atomic E-state index is 2.62. The average Bonchev–Trinajstić information content (AvgIpc) is 3.70. The van der Waals surface area contributed by atoms with Crippen LogP contribution in [0.15, 0.2) is 152 Å². The number of benzene rings is 8. The van der Waals surface area contributed by atoms with Crippen LogP contribution in [0.1, 0.15) is 158 Å². The minimum absolute atomic E-state index is 0.0429. The maximum Gasteiger partial charge on any atom is 0.0538 e. The van der Waals surface area contributed by atoms with Crippen LogP contribution in [0.5, 0.6) is 0 Å². The monoisotopic (exact) mass is 927 g/mol. The van der Waals surface area contributed by atoms with Gasteiger partial charge in [-0.3, -0.25) is 0 Å². The van der Waals surface area contributed by atoms with Gasteiger partial charge in [0, 0.05) is 21.7 Å². The lowest BCUT2D eigenvalue weighted by molar-refractivity contribution is 0.580. The van der Waals surface area contributed by atoms with Crippen LogP contribution in [0.2, 0.25) is 0 Å². The summed E-state index contributed by atoms with van der Waals surface area (Å²) < 4.78 is 0. The van der Waals surface area contributed by atoms with E-state index >= 15 is 0 Å². The van der Waals surface area contributed by atoms with Crippen molar-refractivity contribution in [2.45, 2.75) is 136 Å². The molecule has 0 unspecified atom stereocenters. The third kappa shape index (κ3) is 6.31. The van der Waals surface area contributed by atoms with Crippen LogP contribution < -0.4 is 9.80 Å². The number of para-hydroxylation sites is 2. The Balaban J connectivity index is 0.960. The topological polar surface area (TPSA) is 6.48 Å². The highest BCUT2D eigenvalue weighted by Gasteiger charge is 2.46. The summed E-state index contributed by atoms with van der Waals surface area (Å²) in [6.07, 6.45) is 0. The van der Waals surface area contributed by atoms with Gasteiger partial charge in [-0.1, -0.05) is 206 Å². The minimum atomic E-state index is -0.264. The van der Waals surface area contributed by atoms with Gasteiger partial charge in [0.05, 0.1) is 34.1 Å². The molecule has 356 valence electrons. The van der Waals surface area contributed by atoms with Crippen molar-refractivity contribution < 1.29 is 0 Å². The van der Waals surface area contributed by atoms with E-state index in [0.717, 1.165) is 0 Å². The highest BCUT2D eigenvalue weighted by Crippen LogP contribution is 2.62. The first-order valence-electron chi connectivity index (χ1n) is 26.1. The molecule has 71 heavy (non-hydrogen) atoms. The molecule has 0 bridgehead atoms. The van der Waals surface area contributed by atoms with E-state index < -0.39 is 0 Å². The van der Waals surface area contributed by atoms with Gasteiger partial charge in [0.1, 0.15) is 0 Å². The SMILES string of the molecule is Cc1ccc2c(c1N1c3ccccc3C(C)(C)c3cc(C(C)(C)C)ccc31)C(C)(C)c1cc(-c3ccc4c(c3)C(C)(C)c3c-4cccc3N3c4ccccc4C(C)(C)c4cc(C(C)(C)C)ccc43)ccc1-2. The number of anilines is 6. The number of hydrogen-bond donors (Lipinski definition) is 0. The molecule has 2 heterocycles. The molecule has 0 N–H and O–H groups in total. The van der Waals surface area contributed by atoms with Gasteiger partial charge in [0.15, 0.2) is 0 Å². The number of hydrogen-bond acceptors (Lipinski definition) is 2. The van der Waals surface area contributed by atoms with Crippen LogP contribution in [0.3, 0.4) is 0 Å². The first kappa shape index (κ1) is 45.5. The van der Waals surface area contributed by atoms with Crippen LogP contribution in [-0.2, 0) is 32.5 Å². The summed E-state index contributed by atoms with van der Waals surface area (Å²) in [5, 5.41) is 0. The molecule has 2 aliphatic heterocycles. The van der Waals surface area contributed by atoms with Crippen LogP contribution in [0.4, 0.5) is 34.1 Å². The fourth-order valence-corrected chi connectivity index (χ4v) is 13.5. The van der Waals surface area contributed by atoms with Gasteiger partial charge in [-0.15, -0.1) is 0 Å². The van der Waals surface area contributed by atoms with Gasteiger partial charge < -0.3 is 9.80 Å². The Bertz CT molecular complexity index is 3580. The van der Waals surface area contributed by atoms with Crippen LogP contribution in [0.25, 0.3) is 33.4 Å². The Morgan fingerprint density at radius 2 is 0.746 bits per heavy atom. The molecule has 8 aromatic carbocycles. The minimum Gasteiger partial charge on any atom is -0.310 e. The first-order chi connectivity index (χ1) is 33.4. The van der Waals surface area contributed by atoms with Crippen molar-refractivity contribution in [1.29, 1.82) is 0 Å². The molecule has 0 spiro atoms. The van der Waals surface area contributed by atoms with Gasteiger partial charge >= 0.3 is 0 Å². The second-order valence-electron chi connectivity index (χ2n) is 25.5. The van der Waals surface area contributed by atoms with E-state index in [4.69, 9.17) is 0 Å². The van der Waals surface area contributed by atoms with Crippen LogP contribution >= 0.6 is 0 Å². The number of aryl methyl sites for hydroxylation is 1. The quantitative estimate of drug-likeness (QED) is 0.174. The van der Waals surface area contributed by atoms with Crippen LogP contribution in [-0.4, -0.2) is 0 Å². The zero-order valence-electron chi connectivity index (χ0n) is 44.8. The standard InChI is InChI=1S/C69H70N2/c1-41-27-32-49-47-34-29-43(38-53(47)69(14,15)62(49)63(41)71-57-25-19-17-23-51(57)67(10,11)55-40-45(65(5,6)7)31-36-59(55)71)42-28-33-46-48-21-20-26-60(61(48)68(12,13)52(46)37-42)70-56-24-18-16-22-50(56)66(8,9)54-39-44(64(2,3)4)30-35-58(54)70/h16-40H,1-15H3. The smallest absolute Gasteiger partial charge is 0.0538 e. The zero-order valence-corrected chi connectivity index (χ0v) is 44.8. The normalized spacial score (nSPS) is 17.1. The fraction of sp³-hybridized carbons (Fsp3) is 0.304. The summed E-state index contributed by atoms with van der Waals surface area (Å²) in [6.45, 7) is 35.7. The molecule has 0 saturated carbocycles. The molecule has 0 amide bonds. The summed E-state index contributed by atoms with van der Waals surface area (Å²) in [5.41, 5.74) is 29.9. The molecule has 2 nitrogen and oxygen atoms in total. The molecule has 4 aliphatic rings. The number of fused-ring (bicyclic) bond motifs is 10. The van der Waals surface area contributed by atoms with Gasteiger partial charge in [-0.05, 0) is 155 Å². The lowest BCUT2D eigenvalue weighted by atomic mass is 9.71. The van der Waals surface area contributed by atoms with E-state index in [1.807, 2.05) is 0 Å². The Hall–Kier alpha value is -6.64. The average molecular weight is 927 g/mol. The van der Waals surface area contributed by atoms with Crippen LogP contribution in [0, 0.1) is 6.92 Å². The van der Waals surface area contributed by atoms with E-state index in [1.54, 1.807) is 0 Å². The predicted octanol–water partition coefficient (Wildman–Crippen LogP) is 19.1. The van der Waals surface area contributed by atoms with Gasteiger partial charge in [0.25, 0.3) is 0 Å². The molecular weight excluding hydrogens is 857 g/mol. The van der Waals surface area contributed by atoms with Gasteiger partial charge in [-0.25, -0.2) is 0 Å². The number of nitrogens with zero attached hydrogens (tertiary/aromatic N) is 2. The third-order valence-electron chi connectivity index (χ3n) is 17.6. The molecule has 0 fully saturated rings. The molecular formula is C69H70N2. The lowest BCUT2D eigenvalue weighted by Crippen LogP contribution is -2.32. The predicted molar refractivity (Wildman–Crippen MR) is 303 cm³/mol. The molecule has 2 heteroatoms. The Morgan fingerprint density at radius 3 is 1.27 bits per heavy atom. The second kappa shape index (κ2) is 14.7. The summed E-state index contributed by atoms with van der Waals surface area (Å²) in [7, 11) is 0. The Kier molecular flexibility index (Phi) is 9.43. The summed E-state index contributed by atoms with van der Waals surface area (Å²) >= 11 is 0. The molecule has 12 rings (SSSR count). The van der Waals surface area contributed by atoms with Crippen molar-refractivity contribution in [2.24, 2.45) is 0 Å². The van der Waals surface area contributed by atoms with Crippen molar-refractivity contribution in [1.82, 2.24) is 0 Å². The second-order valence-corrected chi connectivity index (χ2v) is 25.5. The van der Waals surface area contributed by atoms with Crippen molar-refractivity contribution >= 4 is 34.1 Å². The summed E-state index contributed by atoms with van der Waals surface area (Å²) in [6, 6.07) is 59.1. The lowest BCUT2D eigenvalue weighted by Gasteiger charge is -2.44. The van der Waals surface area contributed by atoms with E-state index in [9.17, 15) is 0 Å². The molecule has 0 radical (unpaired) electrons. The molecule has 0 saturated heterocycles. The highest BCUT2D eigenvalue weighted by atomic mass is 15.2. The maximum absolute atomic E-state index is 2.62. The molecule has 0 atom stereocenters. The largest absolute Gasteiger partial charge is 0.310 e. The van der Waals surface area contributed by atoms with Gasteiger partial charge in [0.2, 0.25) is 0 Å². The molecule has 8 aromatic rings. The Labute approximate surface area is 424 Å². The van der Waals surface area contributed by atoms with Crippen molar-refractivity contribution in [2.75, 3.05) is 9.80 Å². The summed E-state index contributed by atoms with van der Waals surface area (Å²) in [4.78, 5) is 5.20. The molecule has 2 aliphatic carbocycles. The zero-order chi connectivity index (χ0) is 50.1. The summed E-state index contributed by atoms with van der Waals surface area (Å²) in [5.74, 6) is 0. The molecule has 0 aromatic heterocycles. The van der Waals surface area contributed by atoms with Crippen molar-refractivity contribution in [3.63, 3.8) is 0 Å². The first-order valence-corrected chi connectivity index (χ1v) is 26.1. The third-order valence-corrected chi connectivity index (χ3v) is 17.6. The van der Waals surface area contributed by atoms with Crippen molar-refractivity contribution in [3.8, 4) is 33.4 Å². The van der Waals surface area contributed by atoms with E-state index in [-0.39, 0.29) is 32.5 Å². The highest BCUT2D eigenvalue weighted by molar-refractivity contribution is 5.97. The number of rotatable bonds is 3. The fourth-order valence-electron chi connectivity index (χ4n) is 13.5. The van der Waals surface area contributed by atoms with E-state index in [2.05, 4.69) is 265 Å². The van der Waals surface area contributed by atoms with E-state index in [0.29, 0.717) is 0 Å². The Morgan fingerprint density at radius 1 is 0.324 bits per heavy atom. The van der Waals surface area contributed by atoms with Gasteiger partial charge in [-0.2, -0.15) is 0 Å². The van der Waals surface area contributed by atoms with Crippen molar-refractivity contribution in [3.05, 3.63) is 213 Å².